The Kier molecular flexibility index (Phi) is 6.40. The van der Waals surface area contributed by atoms with E-state index in [0.29, 0.717) is 19.5 Å². The third-order valence-corrected chi connectivity index (χ3v) is 3.69. The molecule has 0 bridgehead atoms. The maximum absolute atomic E-state index is 12.8. The van der Waals surface area contributed by atoms with Gasteiger partial charge < -0.3 is 10.6 Å². The van der Waals surface area contributed by atoms with Gasteiger partial charge in [0.25, 0.3) is 0 Å². The Morgan fingerprint density at radius 3 is 2.23 bits per heavy atom. The van der Waals surface area contributed by atoms with Crippen LogP contribution in [-0.4, -0.2) is 19.1 Å². The summed E-state index contributed by atoms with van der Waals surface area (Å²) in [5.74, 6) is -0.248. The first kappa shape index (κ1) is 16.5. The van der Waals surface area contributed by atoms with Crippen molar-refractivity contribution in [3.63, 3.8) is 0 Å². The van der Waals surface area contributed by atoms with Crippen molar-refractivity contribution in [2.45, 2.75) is 12.8 Å². The van der Waals surface area contributed by atoms with Crippen LogP contribution in [0.25, 0.3) is 0 Å². The van der Waals surface area contributed by atoms with Gasteiger partial charge in [-0.15, -0.1) is 0 Å². The molecular formula is C17H18BrFN2O. The summed E-state index contributed by atoms with van der Waals surface area (Å²) in [4.78, 5) is 11.7. The molecule has 116 valence electrons. The van der Waals surface area contributed by atoms with Crippen LogP contribution >= 0.6 is 15.9 Å². The van der Waals surface area contributed by atoms with Crippen LogP contribution in [0.1, 0.15) is 11.1 Å². The molecule has 0 aliphatic carbocycles. The number of benzene rings is 2. The quantitative estimate of drug-likeness (QED) is 0.806. The van der Waals surface area contributed by atoms with Crippen molar-refractivity contribution in [1.82, 2.24) is 10.6 Å². The highest BCUT2D eigenvalue weighted by Gasteiger charge is 2.01. The molecular weight excluding hydrogens is 347 g/mol. The van der Waals surface area contributed by atoms with Gasteiger partial charge >= 0.3 is 6.03 Å². The Bertz CT molecular complexity index is 616. The smallest absolute Gasteiger partial charge is 0.314 e. The standard InChI is InChI=1S/C17H18BrFN2O/c18-15-3-1-2-14(12-15)9-11-21-17(22)20-10-8-13-4-6-16(19)7-5-13/h1-7,12H,8-11H2,(H2,20,21,22). The summed E-state index contributed by atoms with van der Waals surface area (Å²) in [7, 11) is 0. The first-order valence-corrected chi connectivity index (χ1v) is 7.93. The van der Waals surface area contributed by atoms with Crippen LogP contribution in [0.15, 0.2) is 53.0 Å². The molecule has 2 N–H and O–H groups in total. The van der Waals surface area contributed by atoms with Gasteiger partial charge in [-0.3, -0.25) is 0 Å². The molecule has 0 aromatic heterocycles. The van der Waals surface area contributed by atoms with Crippen LogP contribution in [0.3, 0.4) is 0 Å². The van der Waals surface area contributed by atoms with Crippen LogP contribution in [-0.2, 0) is 12.8 Å². The molecule has 5 heteroatoms. The first-order valence-electron chi connectivity index (χ1n) is 7.14. The van der Waals surface area contributed by atoms with Gasteiger partial charge in [0.05, 0.1) is 0 Å². The molecule has 2 aromatic rings. The third-order valence-electron chi connectivity index (χ3n) is 3.20. The number of hydrogen-bond donors (Lipinski definition) is 2. The van der Waals surface area contributed by atoms with E-state index in [1.807, 2.05) is 24.3 Å². The number of amides is 2. The molecule has 3 nitrogen and oxygen atoms in total. The van der Waals surface area contributed by atoms with Crippen molar-refractivity contribution in [3.05, 3.63) is 69.9 Å². The van der Waals surface area contributed by atoms with Gasteiger partial charge in [-0.25, -0.2) is 9.18 Å². The van der Waals surface area contributed by atoms with Crippen LogP contribution in [0.4, 0.5) is 9.18 Å². The highest BCUT2D eigenvalue weighted by atomic mass is 79.9. The molecule has 22 heavy (non-hydrogen) atoms. The fourth-order valence-electron chi connectivity index (χ4n) is 2.05. The summed E-state index contributed by atoms with van der Waals surface area (Å²) in [5.41, 5.74) is 2.16. The zero-order valence-electron chi connectivity index (χ0n) is 12.1. The van der Waals surface area contributed by atoms with Gasteiger partial charge in [-0.2, -0.15) is 0 Å². The van der Waals surface area contributed by atoms with Crippen LogP contribution in [0, 0.1) is 5.82 Å². The number of nitrogens with one attached hydrogen (secondary N) is 2. The molecule has 0 radical (unpaired) electrons. The van der Waals surface area contributed by atoms with Crippen LogP contribution < -0.4 is 10.6 Å². The van der Waals surface area contributed by atoms with Crippen LogP contribution in [0.2, 0.25) is 0 Å². The average Bonchev–Trinajstić information content (AvgIpc) is 2.49. The highest BCUT2D eigenvalue weighted by Crippen LogP contribution is 2.11. The summed E-state index contributed by atoms with van der Waals surface area (Å²) in [6.07, 6.45) is 1.46. The Morgan fingerprint density at radius 1 is 0.955 bits per heavy atom. The lowest BCUT2D eigenvalue weighted by Gasteiger charge is -2.08. The maximum atomic E-state index is 12.8. The molecule has 0 heterocycles. The lowest BCUT2D eigenvalue weighted by atomic mass is 10.1. The molecule has 0 saturated carbocycles. The van der Waals surface area contributed by atoms with Crippen molar-refractivity contribution < 1.29 is 9.18 Å². The van der Waals surface area contributed by atoms with Crippen molar-refractivity contribution >= 4 is 22.0 Å². The Labute approximate surface area is 138 Å². The molecule has 2 aromatic carbocycles. The topological polar surface area (TPSA) is 41.1 Å². The lowest BCUT2D eigenvalue weighted by Crippen LogP contribution is -2.37. The average molecular weight is 365 g/mol. The summed E-state index contributed by atoms with van der Waals surface area (Å²) in [6.45, 7) is 1.10. The molecule has 0 unspecified atom stereocenters. The minimum Gasteiger partial charge on any atom is -0.338 e. The van der Waals surface area contributed by atoms with Gasteiger partial charge in [-0.1, -0.05) is 40.2 Å². The second-order valence-corrected chi connectivity index (χ2v) is 5.85. The van der Waals surface area contributed by atoms with Gasteiger partial charge in [0.15, 0.2) is 0 Å². The van der Waals surface area contributed by atoms with Gasteiger partial charge in [-0.05, 0) is 48.2 Å². The number of urea groups is 1. The van der Waals surface area contributed by atoms with Crippen molar-refractivity contribution in [3.8, 4) is 0 Å². The van der Waals surface area contributed by atoms with Crippen LogP contribution in [0.5, 0.6) is 0 Å². The zero-order valence-corrected chi connectivity index (χ0v) is 13.7. The fraction of sp³-hybridized carbons (Fsp3) is 0.235. The molecule has 2 amide bonds. The summed E-state index contributed by atoms with van der Waals surface area (Å²) < 4.78 is 13.8. The molecule has 0 aliphatic rings. The molecule has 0 saturated heterocycles. The Hall–Kier alpha value is -1.88. The van der Waals surface area contributed by atoms with Gasteiger partial charge in [0.1, 0.15) is 5.82 Å². The van der Waals surface area contributed by atoms with Gasteiger partial charge in [0.2, 0.25) is 0 Å². The fourth-order valence-corrected chi connectivity index (χ4v) is 2.49. The number of rotatable bonds is 6. The van der Waals surface area contributed by atoms with Crippen molar-refractivity contribution in [1.29, 1.82) is 0 Å². The minimum absolute atomic E-state index is 0.183. The number of halogens is 2. The maximum Gasteiger partial charge on any atom is 0.314 e. The van der Waals surface area contributed by atoms with E-state index in [1.165, 1.54) is 17.7 Å². The molecule has 0 fully saturated rings. The predicted octanol–water partition coefficient (Wildman–Crippen LogP) is 3.67. The molecule has 0 atom stereocenters. The number of carbonyl (C=O) groups is 1. The van der Waals surface area contributed by atoms with E-state index in [2.05, 4.69) is 26.6 Å². The first-order chi connectivity index (χ1) is 10.6. The van der Waals surface area contributed by atoms with E-state index in [1.54, 1.807) is 12.1 Å². The molecule has 2 rings (SSSR count). The molecule has 0 aliphatic heterocycles. The minimum atomic E-state index is -0.248. The normalized spacial score (nSPS) is 10.3. The van der Waals surface area contributed by atoms with E-state index in [0.717, 1.165) is 16.5 Å². The summed E-state index contributed by atoms with van der Waals surface area (Å²) >= 11 is 3.42. The van der Waals surface area contributed by atoms with E-state index in [-0.39, 0.29) is 11.8 Å². The lowest BCUT2D eigenvalue weighted by molar-refractivity contribution is 0.241. The van der Waals surface area contributed by atoms with E-state index in [4.69, 9.17) is 0 Å². The highest BCUT2D eigenvalue weighted by molar-refractivity contribution is 9.10. The van der Waals surface area contributed by atoms with E-state index in [9.17, 15) is 9.18 Å². The zero-order chi connectivity index (χ0) is 15.8. The summed E-state index contributed by atoms with van der Waals surface area (Å²) in [6, 6.07) is 14.1. The molecule has 0 spiro atoms. The Morgan fingerprint density at radius 2 is 1.59 bits per heavy atom. The number of hydrogen-bond acceptors (Lipinski definition) is 1. The second-order valence-electron chi connectivity index (χ2n) is 4.94. The number of carbonyl (C=O) groups excluding carboxylic acids is 1. The SMILES string of the molecule is O=C(NCCc1ccc(F)cc1)NCCc1cccc(Br)c1. The van der Waals surface area contributed by atoms with E-state index >= 15 is 0 Å². The monoisotopic (exact) mass is 364 g/mol. The van der Waals surface area contributed by atoms with Crippen molar-refractivity contribution in [2.24, 2.45) is 0 Å². The Balaban J connectivity index is 1.62. The van der Waals surface area contributed by atoms with Gasteiger partial charge in [0, 0.05) is 17.6 Å². The largest absolute Gasteiger partial charge is 0.338 e. The summed E-state index contributed by atoms with van der Waals surface area (Å²) in [5, 5.41) is 5.61. The third kappa shape index (κ3) is 5.85. The predicted molar refractivity (Wildman–Crippen MR) is 89.4 cm³/mol. The van der Waals surface area contributed by atoms with E-state index < -0.39 is 0 Å². The van der Waals surface area contributed by atoms with Crippen molar-refractivity contribution in [2.75, 3.05) is 13.1 Å². The second kappa shape index (κ2) is 8.54.